The van der Waals surface area contributed by atoms with Crippen LogP contribution < -0.4 is 0 Å². The number of hydrogen-bond donors (Lipinski definition) is 4. The van der Waals surface area contributed by atoms with Crippen molar-refractivity contribution in [1.82, 2.24) is 0 Å². The number of carboxylic acid groups (broad SMARTS) is 3. The van der Waals surface area contributed by atoms with Crippen molar-refractivity contribution in [3.05, 3.63) is 36.9 Å². The molecule has 18 heteroatoms. The molecule has 1 fully saturated rings. The number of hydrogen-bond acceptors (Lipinski definition) is 4. The summed E-state index contributed by atoms with van der Waals surface area (Å²) in [5, 5.41) is 32.0. The fraction of sp³-hybridized carbons (Fsp3) is 0.625. The van der Waals surface area contributed by atoms with Crippen LogP contribution in [0.2, 0.25) is 0 Å². The number of carboxylic acids is 3. The molecule has 0 aromatic heterocycles. The Kier molecular flexibility index (Phi) is 89.1. The molecular formula is C8H24Cl2N6O7Pt3. The number of aliphatic hydroxyl groups is 1. The van der Waals surface area contributed by atoms with Crippen LogP contribution in [0.15, 0.2) is 0 Å². The maximum Gasteiger partial charge on any atom is 2.00 e. The van der Waals surface area contributed by atoms with Crippen molar-refractivity contribution in [2.24, 2.45) is 5.41 Å². The molecule has 0 atom stereocenters. The predicted octanol–water partition coefficient (Wildman–Crippen LogP) is 5.06. The monoisotopic (exact) mass is 971 g/mol. The maximum absolute atomic E-state index is 10.4. The first-order valence-electron chi connectivity index (χ1n) is 4.40. The van der Waals surface area contributed by atoms with E-state index in [1.54, 1.807) is 0 Å². The molecule has 172 valence electrons. The van der Waals surface area contributed by atoms with E-state index < -0.39 is 46.4 Å². The molecule has 1 saturated carbocycles. The standard InChI is InChI=1S/C6H8O4.C2H4O3.2ClH.6H2N.3Pt/c7-4(8)6(5(9)10)2-1-3-6;3-1-2(4)5;;;;;;;;;;;/h1-3H2,(H,7,8)(H,9,10);3H,1H2,(H,4,5);2*1H;6*1H2;;;/q;;;;6*-1;2*+2;+4/p-2. The number of nitrogens with two attached hydrogens (primary N) is 6. The molecule has 0 heterocycles. The van der Waals surface area contributed by atoms with E-state index in [2.05, 4.69) is 0 Å². The SMILES string of the molecule is O=C(O)C1(C(=O)O)CCC1.O=C(O)CO.[Cl][Pt+2][Cl].[NH2-].[NH2-].[NH2-].[NH2-].[NH2-].[NH2-].[Pt+2].[Pt+2]. The molecule has 1 aliphatic carbocycles. The zero-order valence-electron chi connectivity index (χ0n) is 13.0. The summed E-state index contributed by atoms with van der Waals surface area (Å²) in [6.07, 6.45) is 1.26. The Balaban J connectivity index is -0.0000000180. The Bertz CT molecular complexity index is 304. The maximum atomic E-state index is 10.4. The van der Waals surface area contributed by atoms with Gasteiger partial charge in [0, 0.05) is 0 Å². The van der Waals surface area contributed by atoms with Gasteiger partial charge in [-0.1, -0.05) is 0 Å². The molecule has 0 aromatic carbocycles. The van der Waals surface area contributed by atoms with Crippen LogP contribution in [-0.2, 0) is 73.0 Å². The first kappa shape index (κ1) is 63.2. The van der Waals surface area contributed by atoms with Crippen LogP contribution in [0.25, 0.3) is 36.9 Å². The summed E-state index contributed by atoms with van der Waals surface area (Å²) in [6.45, 7) is -0.778. The number of carbonyl (C=O) groups is 3. The van der Waals surface area contributed by atoms with Gasteiger partial charge < -0.3 is 57.3 Å². The van der Waals surface area contributed by atoms with Crippen LogP contribution in [0, 0.1) is 5.41 Å². The summed E-state index contributed by atoms with van der Waals surface area (Å²) in [4.78, 5) is 29.8. The van der Waals surface area contributed by atoms with E-state index in [1.807, 2.05) is 0 Å². The van der Waals surface area contributed by atoms with Crippen molar-refractivity contribution in [2.45, 2.75) is 19.3 Å². The molecule has 0 aliphatic heterocycles. The Labute approximate surface area is 197 Å². The minimum absolute atomic E-state index is 0. The first-order chi connectivity index (χ1) is 8.28. The van der Waals surface area contributed by atoms with Crippen LogP contribution in [0.1, 0.15) is 19.3 Å². The molecule has 0 aromatic rings. The van der Waals surface area contributed by atoms with Crippen molar-refractivity contribution < 1.29 is 93.4 Å². The Hall–Kier alpha value is 0.775. The van der Waals surface area contributed by atoms with E-state index in [1.165, 1.54) is 0 Å². The molecule has 13 nitrogen and oxygen atoms in total. The van der Waals surface area contributed by atoms with Gasteiger partial charge in [-0.15, -0.1) is 0 Å². The summed E-state index contributed by atoms with van der Waals surface area (Å²) in [6, 6.07) is 0. The number of halogens is 2. The van der Waals surface area contributed by atoms with Gasteiger partial charge in [0.15, 0.2) is 5.41 Å². The molecule has 26 heavy (non-hydrogen) atoms. The van der Waals surface area contributed by atoms with E-state index in [4.69, 9.17) is 44.1 Å². The minimum atomic E-state index is -1.44. The first-order valence-corrected chi connectivity index (χ1v) is 10.0. The van der Waals surface area contributed by atoms with Gasteiger partial charge in [-0.05, 0) is 19.3 Å². The van der Waals surface area contributed by atoms with E-state index in [-0.39, 0.29) is 91.9 Å². The smallest absolute Gasteiger partial charge is 0.693 e. The van der Waals surface area contributed by atoms with Crippen molar-refractivity contribution >= 4 is 36.7 Å². The van der Waals surface area contributed by atoms with Gasteiger partial charge in [-0.2, -0.15) is 0 Å². The summed E-state index contributed by atoms with van der Waals surface area (Å²) in [7, 11) is 9.75. The third kappa shape index (κ3) is 27.0. The summed E-state index contributed by atoms with van der Waals surface area (Å²) >= 11 is -0.472. The summed E-state index contributed by atoms with van der Waals surface area (Å²) in [5.41, 5.74) is -1.44. The zero-order valence-corrected chi connectivity index (χ0v) is 21.3. The molecule has 1 aliphatic rings. The van der Waals surface area contributed by atoms with Crippen molar-refractivity contribution in [3.63, 3.8) is 0 Å². The topological polar surface area (TPSA) is 333 Å². The van der Waals surface area contributed by atoms with Gasteiger partial charge in [0.05, 0.1) is 0 Å². The van der Waals surface area contributed by atoms with Crippen molar-refractivity contribution in [1.29, 1.82) is 0 Å². The van der Waals surface area contributed by atoms with Gasteiger partial charge in [0.2, 0.25) is 0 Å². The van der Waals surface area contributed by atoms with Crippen molar-refractivity contribution in [3.8, 4) is 0 Å². The molecule has 0 saturated heterocycles. The van der Waals surface area contributed by atoms with Crippen molar-refractivity contribution in [2.75, 3.05) is 6.61 Å². The van der Waals surface area contributed by atoms with Gasteiger partial charge >= 0.3 is 95.4 Å². The van der Waals surface area contributed by atoms with Gasteiger partial charge in [0.1, 0.15) is 6.61 Å². The molecule has 1 rings (SSSR count). The summed E-state index contributed by atoms with van der Waals surface area (Å²) in [5.74, 6) is -3.59. The average Bonchev–Trinajstić information content (AvgIpc) is 2.16. The van der Waals surface area contributed by atoms with Crippen LogP contribution >= 0.6 is 18.8 Å². The normalized spacial score (nSPS) is 10.4. The molecule has 16 N–H and O–H groups in total. The number of aliphatic carboxylic acids is 3. The third-order valence-electron chi connectivity index (χ3n) is 2.16. The zero-order chi connectivity index (χ0) is 14.8. The van der Waals surface area contributed by atoms with E-state index in [9.17, 15) is 9.59 Å². The third-order valence-corrected chi connectivity index (χ3v) is 2.16. The Morgan fingerprint density at radius 2 is 1.00 bits per heavy atom. The minimum Gasteiger partial charge on any atom is -0.693 e. The van der Waals surface area contributed by atoms with Gasteiger partial charge in [-0.25, -0.2) is 4.79 Å². The second kappa shape index (κ2) is 36.7. The quantitative estimate of drug-likeness (QED) is 0.278. The fourth-order valence-electron chi connectivity index (χ4n) is 1.05. The molecule has 0 unspecified atom stereocenters. The second-order valence-electron chi connectivity index (χ2n) is 3.14. The molecule has 0 amide bonds. The van der Waals surface area contributed by atoms with Gasteiger partial charge in [0.25, 0.3) is 0 Å². The Morgan fingerprint density at radius 3 is 1.00 bits per heavy atom. The van der Waals surface area contributed by atoms with Crippen LogP contribution in [0.3, 0.4) is 0 Å². The number of aliphatic hydroxyl groups excluding tert-OH is 1. The number of rotatable bonds is 3. The second-order valence-corrected chi connectivity index (χ2v) is 6.43. The van der Waals surface area contributed by atoms with Crippen LogP contribution in [0.4, 0.5) is 0 Å². The Morgan fingerprint density at radius 1 is 0.808 bits per heavy atom. The fourth-order valence-corrected chi connectivity index (χ4v) is 1.05. The van der Waals surface area contributed by atoms with E-state index >= 15 is 0 Å². The molecule has 0 radical (unpaired) electrons. The van der Waals surface area contributed by atoms with E-state index in [0.29, 0.717) is 6.42 Å². The van der Waals surface area contributed by atoms with Gasteiger partial charge in [-0.3, -0.25) is 9.59 Å². The largest absolute Gasteiger partial charge is 2.00 e. The predicted molar refractivity (Wildman–Crippen MR) is 89.7 cm³/mol. The molecular weight excluding hydrogens is 948 g/mol. The average molecular weight is 972 g/mol. The van der Waals surface area contributed by atoms with Crippen LogP contribution in [0.5, 0.6) is 0 Å². The van der Waals surface area contributed by atoms with E-state index in [0.717, 1.165) is 0 Å². The molecule has 0 spiro atoms. The van der Waals surface area contributed by atoms with Crippen LogP contribution in [-0.4, -0.2) is 44.9 Å². The summed E-state index contributed by atoms with van der Waals surface area (Å²) < 4.78 is 0. The molecule has 0 bridgehead atoms.